The van der Waals surface area contributed by atoms with Crippen LogP contribution in [0, 0.1) is 5.92 Å². The molecule has 0 spiro atoms. The van der Waals surface area contributed by atoms with Crippen LogP contribution in [0.3, 0.4) is 0 Å². The number of sulfonamides is 1. The Bertz CT molecular complexity index is 2860. The van der Waals surface area contributed by atoms with E-state index in [-0.39, 0.29) is 40.6 Å². The number of amides is 2. The van der Waals surface area contributed by atoms with Crippen LogP contribution in [0.1, 0.15) is 50.1 Å². The fourth-order valence-electron chi connectivity index (χ4n) is 9.58. The third kappa shape index (κ3) is 7.38. The molecule has 0 bridgehead atoms. The highest BCUT2D eigenvalue weighted by Gasteiger charge is 2.51. The zero-order chi connectivity index (χ0) is 43.9. The Kier molecular flexibility index (Phi) is 10.2. The van der Waals surface area contributed by atoms with E-state index >= 15 is 8.78 Å². The summed E-state index contributed by atoms with van der Waals surface area (Å²) in [5.41, 5.74) is 3.17. The average Bonchev–Trinajstić information content (AvgIpc) is 4.08. The molecule has 2 amide bonds. The van der Waals surface area contributed by atoms with E-state index in [1.165, 1.54) is 10.8 Å². The minimum atomic E-state index is -3.63. The number of imide groups is 1. The normalized spacial score (nSPS) is 22.4. The Labute approximate surface area is 365 Å². The molecule has 1 unspecified atom stereocenters. The second kappa shape index (κ2) is 15.6. The number of carbonyl (C=O) groups excluding carboxylic acids is 2. The first kappa shape index (κ1) is 41.4. The Hall–Kier alpha value is -5.60. The predicted octanol–water partition coefficient (Wildman–Crippen LogP) is 4.47. The van der Waals surface area contributed by atoms with E-state index < -0.39 is 45.3 Å². The first-order chi connectivity index (χ1) is 30.2. The Morgan fingerprint density at radius 1 is 0.937 bits per heavy atom. The van der Waals surface area contributed by atoms with Gasteiger partial charge in [-0.25, -0.2) is 22.2 Å². The van der Waals surface area contributed by atoms with Crippen LogP contribution in [0.25, 0.3) is 21.8 Å². The van der Waals surface area contributed by atoms with Gasteiger partial charge in [0, 0.05) is 76.2 Å². The number of piperazine rings is 1. The fraction of sp³-hybridized carbons (Fsp3) is 0.476. The van der Waals surface area contributed by atoms with Gasteiger partial charge in [-0.1, -0.05) is 23.7 Å². The fourth-order valence-corrected chi connectivity index (χ4v) is 11.6. The van der Waals surface area contributed by atoms with Gasteiger partial charge in [0.2, 0.25) is 33.5 Å². The number of hydrogen-bond donors (Lipinski definition) is 3. The molecule has 4 fully saturated rings. The monoisotopic (exact) mass is 905 g/mol. The Morgan fingerprint density at radius 2 is 1.70 bits per heavy atom. The number of para-hydroxylation sites is 1. The summed E-state index contributed by atoms with van der Waals surface area (Å²) < 4.78 is 68.6. The van der Waals surface area contributed by atoms with Gasteiger partial charge in [0.1, 0.15) is 5.02 Å². The van der Waals surface area contributed by atoms with Crippen LogP contribution in [0.2, 0.25) is 5.02 Å². The molecule has 7 heterocycles. The van der Waals surface area contributed by atoms with Crippen molar-refractivity contribution in [1.29, 1.82) is 0 Å². The molecule has 10 rings (SSSR count). The number of nitrogens with one attached hydrogen (secondary N) is 3. The van der Waals surface area contributed by atoms with Crippen molar-refractivity contribution in [1.82, 2.24) is 33.9 Å². The summed E-state index contributed by atoms with van der Waals surface area (Å²) in [6, 6.07) is 9.87. The molecule has 3 N–H and O–H groups in total. The molecule has 2 aromatic carbocycles. The summed E-state index contributed by atoms with van der Waals surface area (Å²) in [5, 5.41) is 14.4. The number of anilines is 5. The zero-order valence-electron chi connectivity index (χ0n) is 34.6. The number of aromatic nitrogens is 5. The number of nitrogens with zero attached hydrogens (tertiary/aromatic N) is 8. The highest BCUT2D eigenvalue weighted by atomic mass is 35.5. The second-order valence-electron chi connectivity index (χ2n) is 17.1. The topological polar surface area (TPSA) is 189 Å². The third-order valence-electron chi connectivity index (χ3n) is 13.1. The van der Waals surface area contributed by atoms with Crippen molar-refractivity contribution in [3.63, 3.8) is 0 Å². The molecule has 1 saturated carbocycles. The Balaban J connectivity index is 0.805. The largest absolute Gasteiger partial charge is 0.480 e. The molecule has 3 saturated heterocycles. The minimum absolute atomic E-state index is 0.151. The number of piperidine rings is 2. The van der Waals surface area contributed by atoms with Crippen LogP contribution in [-0.2, 0) is 33.7 Å². The highest BCUT2D eigenvalue weighted by Crippen LogP contribution is 2.46. The third-order valence-corrected chi connectivity index (χ3v) is 15.8. The number of fused-ring (bicyclic) bond motifs is 4. The standard InChI is InChI=1S/C42H46ClF2N11O6S/c1-52-30-10-8-24(20-28(30)34-36(40(52)59)62-22-42(44,45)37(49-34)23-6-7-23)47-38-29(43)21-46-41(50-38)55-14-12-25(13-15-55)63(60,61)56-18-16-54(17-19-56)31-5-3-4-26-33(51-53(2)35(26)31)27-9-11-32(57)48-39(27)58/h3-5,8,10,20-21,23,25,27,37,49H,6-7,9,11-19,22H2,1-2H3,(H,46,47,50)(H,48,57,58)/t27?,37-/m0/s1. The van der Waals surface area contributed by atoms with Crippen molar-refractivity contribution >= 4 is 84.1 Å². The number of alkyl halides is 2. The van der Waals surface area contributed by atoms with E-state index in [2.05, 4.69) is 25.8 Å². The summed E-state index contributed by atoms with van der Waals surface area (Å²) in [6.07, 6.45) is 4.21. The number of carbonyl (C=O) groups is 2. The van der Waals surface area contributed by atoms with E-state index in [1.807, 2.05) is 30.1 Å². The first-order valence-electron chi connectivity index (χ1n) is 21.2. The van der Waals surface area contributed by atoms with E-state index in [0.29, 0.717) is 105 Å². The molecule has 0 radical (unpaired) electrons. The Morgan fingerprint density at radius 3 is 2.43 bits per heavy atom. The molecule has 2 atom stereocenters. The lowest BCUT2D eigenvalue weighted by Crippen LogP contribution is -2.53. The molecule has 21 heteroatoms. The van der Waals surface area contributed by atoms with Gasteiger partial charge in [0.25, 0.3) is 5.56 Å². The summed E-state index contributed by atoms with van der Waals surface area (Å²) in [7, 11) is -0.230. The van der Waals surface area contributed by atoms with Crippen LogP contribution >= 0.6 is 11.6 Å². The van der Waals surface area contributed by atoms with Crippen LogP contribution in [0.5, 0.6) is 5.75 Å². The van der Waals surface area contributed by atoms with E-state index in [0.717, 1.165) is 16.6 Å². The molecule has 5 aliphatic rings. The predicted molar refractivity (Wildman–Crippen MR) is 234 cm³/mol. The van der Waals surface area contributed by atoms with Crippen LogP contribution in [0.15, 0.2) is 47.4 Å². The molecule has 3 aromatic heterocycles. The molecule has 63 heavy (non-hydrogen) atoms. The molecule has 1 aliphatic carbocycles. The van der Waals surface area contributed by atoms with Crippen molar-refractivity contribution in [2.24, 2.45) is 20.0 Å². The van der Waals surface area contributed by atoms with Crippen molar-refractivity contribution < 1.29 is 31.5 Å². The van der Waals surface area contributed by atoms with Gasteiger partial charge in [-0.3, -0.25) is 24.4 Å². The molecular weight excluding hydrogens is 860 g/mol. The maximum absolute atomic E-state index is 15.2. The SMILES string of the molecule is Cn1nc(C2CCC(=O)NC2=O)c2cccc(N3CCN(S(=O)(=O)C4CCN(c5ncc(Cl)c(Nc6ccc7c(c6)c6c(c(=O)n7C)OCC(F)(F)[C@H](C7CC7)N6)n5)CC4)CC3)c21. The van der Waals surface area contributed by atoms with Crippen molar-refractivity contribution in [3.8, 4) is 5.75 Å². The van der Waals surface area contributed by atoms with Crippen molar-refractivity contribution in [3.05, 3.63) is 63.7 Å². The summed E-state index contributed by atoms with van der Waals surface area (Å²) >= 11 is 6.59. The van der Waals surface area contributed by atoms with Gasteiger partial charge in [-0.15, -0.1) is 0 Å². The first-order valence-corrected chi connectivity index (χ1v) is 23.1. The minimum Gasteiger partial charge on any atom is -0.480 e. The van der Waals surface area contributed by atoms with Gasteiger partial charge >= 0.3 is 5.92 Å². The van der Waals surface area contributed by atoms with Crippen LogP contribution in [-0.4, -0.2) is 112 Å². The highest BCUT2D eigenvalue weighted by molar-refractivity contribution is 7.89. The number of benzene rings is 2. The average molecular weight is 906 g/mol. The van der Waals surface area contributed by atoms with Gasteiger partial charge in [0.05, 0.1) is 51.5 Å². The van der Waals surface area contributed by atoms with Gasteiger partial charge < -0.3 is 29.7 Å². The lowest BCUT2D eigenvalue weighted by Gasteiger charge is -2.39. The number of rotatable bonds is 8. The molecule has 17 nitrogen and oxygen atoms in total. The number of ether oxygens (including phenoxy) is 1. The second-order valence-corrected chi connectivity index (χ2v) is 19.7. The van der Waals surface area contributed by atoms with E-state index in [9.17, 15) is 22.8 Å². The van der Waals surface area contributed by atoms with Gasteiger partial charge in [0.15, 0.2) is 12.4 Å². The number of aryl methyl sites for hydroxylation is 2. The maximum atomic E-state index is 15.2. The molecule has 4 aliphatic heterocycles. The van der Waals surface area contributed by atoms with Crippen molar-refractivity contribution in [2.45, 2.75) is 61.7 Å². The quantitative estimate of drug-likeness (QED) is 0.185. The van der Waals surface area contributed by atoms with Gasteiger partial charge in [-0.05, 0) is 62.3 Å². The molecule has 5 aromatic rings. The lowest BCUT2D eigenvalue weighted by atomic mass is 9.92. The lowest BCUT2D eigenvalue weighted by molar-refractivity contribution is -0.134. The number of hydrogen-bond acceptors (Lipinski definition) is 13. The maximum Gasteiger partial charge on any atom is 0.301 e. The molecular formula is C42H46ClF2N11O6S. The zero-order valence-corrected chi connectivity index (χ0v) is 36.2. The summed E-state index contributed by atoms with van der Waals surface area (Å²) in [4.78, 5) is 51.0. The van der Waals surface area contributed by atoms with E-state index in [1.54, 1.807) is 34.2 Å². The van der Waals surface area contributed by atoms with Crippen LogP contribution < -0.4 is 36.0 Å². The number of pyridine rings is 1. The smallest absolute Gasteiger partial charge is 0.301 e. The number of halogens is 3. The summed E-state index contributed by atoms with van der Waals surface area (Å²) in [5.74, 6) is -4.02. The molecule has 332 valence electrons. The summed E-state index contributed by atoms with van der Waals surface area (Å²) in [6.45, 7) is 1.49. The van der Waals surface area contributed by atoms with Crippen LogP contribution in [0.4, 0.5) is 37.6 Å². The van der Waals surface area contributed by atoms with Gasteiger partial charge in [-0.2, -0.15) is 14.4 Å². The van der Waals surface area contributed by atoms with Crippen molar-refractivity contribution in [2.75, 3.05) is 66.3 Å². The van der Waals surface area contributed by atoms with E-state index in [4.69, 9.17) is 26.4 Å².